The van der Waals surface area contributed by atoms with E-state index in [2.05, 4.69) is 0 Å². The Morgan fingerprint density at radius 2 is 1.95 bits per heavy atom. The minimum atomic E-state index is -4.52. The molecule has 1 aromatic rings. The summed E-state index contributed by atoms with van der Waals surface area (Å²) in [6, 6.07) is 2.99. The zero-order chi connectivity index (χ0) is 16.7. The van der Waals surface area contributed by atoms with E-state index in [0.29, 0.717) is 5.56 Å². The second-order valence-corrected chi connectivity index (χ2v) is 6.21. The molecule has 0 spiro atoms. The molecule has 22 heavy (non-hydrogen) atoms. The summed E-state index contributed by atoms with van der Waals surface area (Å²) in [5.41, 5.74) is -1.28. The fourth-order valence-electron chi connectivity index (χ4n) is 2.27. The number of hydrogen-bond acceptors (Lipinski definition) is 3. The van der Waals surface area contributed by atoms with Gasteiger partial charge < -0.3 is 9.84 Å². The Kier molecular flexibility index (Phi) is 4.12. The summed E-state index contributed by atoms with van der Waals surface area (Å²) >= 11 is 0. The van der Waals surface area contributed by atoms with Gasteiger partial charge in [0.2, 0.25) is 0 Å². The van der Waals surface area contributed by atoms with Crippen LogP contribution in [0.25, 0.3) is 0 Å². The minimum Gasteiger partial charge on any atom is -0.443 e. The van der Waals surface area contributed by atoms with Gasteiger partial charge in [0, 0.05) is 12.1 Å². The maximum absolute atomic E-state index is 12.9. The van der Waals surface area contributed by atoms with E-state index in [4.69, 9.17) is 4.74 Å². The average molecular weight is 317 g/mol. The van der Waals surface area contributed by atoms with Crippen LogP contribution in [0.2, 0.25) is 0 Å². The molecule has 1 atom stereocenters. The van der Waals surface area contributed by atoms with Crippen molar-refractivity contribution < 1.29 is 27.8 Å². The van der Waals surface area contributed by atoms with Crippen LogP contribution in [0.4, 0.5) is 23.7 Å². The van der Waals surface area contributed by atoms with Crippen molar-refractivity contribution in [3.05, 3.63) is 29.3 Å². The molecule has 0 aromatic heterocycles. The van der Waals surface area contributed by atoms with Gasteiger partial charge in [-0.15, -0.1) is 0 Å². The predicted molar refractivity (Wildman–Crippen MR) is 74.6 cm³/mol. The number of aliphatic hydroxyl groups excluding tert-OH is 1. The maximum Gasteiger partial charge on any atom is 0.416 e. The largest absolute Gasteiger partial charge is 0.443 e. The Morgan fingerprint density at radius 3 is 2.50 bits per heavy atom. The Bertz CT molecular complexity index is 578. The minimum absolute atomic E-state index is 0.0443. The number of carbonyl (C=O) groups excluding carboxylic acids is 1. The number of amides is 1. The molecule has 4 nitrogen and oxygen atoms in total. The summed E-state index contributed by atoms with van der Waals surface area (Å²) in [6.45, 7) is 5.13. The van der Waals surface area contributed by atoms with E-state index in [1.54, 1.807) is 20.8 Å². The van der Waals surface area contributed by atoms with Crippen molar-refractivity contribution in [2.75, 3.05) is 11.4 Å². The maximum atomic E-state index is 12.9. The average Bonchev–Trinajstić information content (AvgIpc) is 2.35. The molecule has 0 fully saturated rings. The molecule has 1 aliphatic heterocycles. The fraction of sp³-hybridized carbons (Fsp3) is 0.533. The summed E-state index contributed by atoms with van der Waals surface area (Å²) in [5.74, 6) is 0. The van der Waals surface area contributed by atoms with Crippen molar-refractivity contribution in [2.24, 2.45) is 0 Å². The molecular formula is C15H18F3NO3. The first-order valence-corrected chi connectivity index (χ1v) is 6.89. The van der Waals surface area contributed by atoms with Crippen LogP contribution in [0.15, 0.2) is 18.2 Å². The van der Waals surface area contributed by atoms with E-state index in [1.807, 2.05) is 0 Å². The molecular weight excluding hydrogens is 299 g/mol. The molecule has 0 radical (unpaired) electrons. The Labute approximate surface area is 126 Å². The zero-order valence-corrected chi connectivity index (χ0v) is 12.6. The SMILES string of the molecule is CC(C)(C)OC(=O)N1CC[C@H](O)c2ccc(C(F)(F)F)cc21. The molecule has 0 saturated carbocycles. The predicted octanol–water partition coefficient (Wildman–Crippen LogP) is 3.88. The number of alkyl halides is 3. The summed E-state index contributed by atoms with van der Waals surface area (Å²) in [4.78, 5) is 13.3. The first kappa shape index (κ1) is 16.6. The number of ether oxygens (including phenoxy) is 1. The van der Waals surface area contributed by atoms with E-state index >= 15 is 0 Å². The highest BCUT2D eigenvalue weighted by molar-refractivity contribution is 5.89. The van der Waals surface area contributed by atoms with Gasteiger partial charge in [0.25, 0.3) is 0 Å². The Morgan fingerprint density at radius 1 is 1.32 bits per heavy atom. The molecule has 1 amide bonds. The third-order valence-electron chi connectivity index (χ3n) is 3.25. The van der Waals surface area contributed by atoms with Gasteiger partial charge in [-0.25, -0.2) is 4.79 Å². The molecule has 1 N–H and O–H groups in total. The molecule has 1 aliphatic rings. The van der Waals surface area contributed by atoms with Gasteiger partial charge >= 0.3 is 12.3 Å². The Hall–Kier alpha value is -1.76. The van der Waals surface area contributed by atoms with Gasteiger partial charge in [-0.2, -0.15) is 13.2 Å². The smallest absolute Gasteiger partial charge is 0.416 e. The van der Waals surface area contributed by atoms with Crippen molar-refractivity contribution >= 4 is 11.8 Å². The van der Waals surface area contributed by atoms with Crippen LogP contribution in [0, 0.1) is 0 Å². The van der Waals surface area contributed by atoms with Crippen LogP contribution in [0.3, 0.4) is 0 Å². The van der Waals surface area contributed by atoms with Crippen LogP contribution in [-0.2, 0) is 10.9 Å². The lowest BCUT2D eigenvalue weighted by Gasteiger charge is -2.34. The number of benzene rings is 1. The molecule has 2 rings (SSSR count). The topological polar surface area (TPSA) is 49.8 Å². The van der Waals surface area contributed by atoms with Crippen LogP contribution in [0.5, 0.6) is 0 Å². The third kappa shape index (κ3) is 3.52. The summed E-state index contributed by atoms with van der Waals surface area (Å²) < 4.78 is 43.8. The number of rotatable bonds is 0. The number of hydrogen-bond donors (Lipinski definition) is 1. The van der Waals surface area contributed by atoms with E-state index in [9.17, 15) is 23.1 Å². The molecule has 1 heterocycles. The van der Waals surface area contributed by atoms with Crippen LogP contribution >= 0.6 is 0 Å². The fourth-order valence-corrected chi connectivity index (χ4v) is 2.27. The number of aliphatic hydroxyl groups is 1. The number of fused-ring (bicyclic) bond motifs is 1. The monoisotopic (exact) mass is 317 g/mol. The number of carbonyl (C=O) groups is 1. The zero-order valence-electron chi connectivity index (χ0n) is 12.6. The normalized spacial score (nSPS) is 18.9. The van der Waals surface area contributed by atoms with Crippen molar-refractivity contribution in [2.45, 2.75) is 45.1 Å². The van der Waals surface area contributed by atoms with Crippen LogP contribution in [0.1, 0.15) is 44.4 Å². The van der Waals surface area contributed by atoms with Gasteiger partial charge in [-0.3, -0.25) is 4.90 Å². The van der Waals surface area contributed by atoms with Crippen molar-refractivity contribution in [1.29, 1.82) is 0 Å². The van der Waals surface area contributed by atoms with Gasteiger partial charge in [0.15, 0.2) is 0 Å². The molecule has 122 valence electrons. The molecule has 7 heteroatoms. The van der Waals surface area contributed by atoms with Gasteiger partial charge in [0.1, 0.15) is 5.60 Å². The summed E-state index contributed by atoms with van der Waals surface area (Å²) in [6.07, 6.45) is -5.88. The highest BCUT2D eigenvalue weighted by Crippen LogP contribution is 2.39. The standard InChI is InChI=1S/C15H18F3NO3/c1-14(2,3)22-13(21)19-7-6-12(20)10-5-4-9(8-11(10)19)15(16,17)18/h4-5,8,12,20H,6-7H2,1-3H3/t12-/m0/s1. The van der Waals surface area contributed by atoms with Crippen molar-refractivity contribution in [1.82, 2.24) is 0 Å². The first-order chi connectivity index (χ1) is 9.99. The summed E-state index contributed by atoms with van der Waals surface area (Å²) in [7, 11) is 0. The Balaban J connectivity index is 2.41. The number of nitrogens with zero attached hydrogens (tertiary/aromatic N) is 1. The van der Waals surface area contributed by atoms with Gasteiger partial charge in [-0.1, -0.05) is 6.07 Å². The van der Waals surface area contributed by atoms with E-state index in [-0.39, 0.29) is 18.7 Å². The lowest BCUT2D eigenvalue weighted by Crippen LogP contribution is -2.40. The second kappa shape index (κ2) is 5.46. The molecule has 0 unspecified atom stereocenters. The molecule has 0 aliphatic carbocycles. The van der Waals surface area contributed by atoms with Gasteiger partial charge in [-0.05, 0) is 39.3 Å². The van der Waals surface area contributed by atoms with Gasteiger partial charge in [0.05, 0.1) is 17.4 Å². The molecule has 0 saturated heterocycles. The third-order valence-corrected chi connectivity index (χ3v) is 3.25. The molecule has 0 bridgehead atoms. The lowest BCUT2D eigenvalue weighted by atomic mass is 9.97. The quantitative estimate of drug-likeness (QED) is 0.790. The number of anilines is 1. The van der Waals surface area contributed by atoms with E-state index in [0.717, 1.165) is 17.0 Å². The first-order valence-electron chi connectivity index (χ1n) is 6.89. The van der Waals surface area contributed by atoms with Crippen molar-refractivity contribution in [3.63, 3.8) is 0 Å². The van der Waals surface area contributed by atoms with Crippen LogP contribution < -0.4 is 4.90 Å². The van der Waals surface area contributed by atoms with E-state index in [1.165, 1.54) is 6.07 Å². The highest BCUT2D eigenvalue weighted by atomic mass is 19.4. The van der Waals surface area contributed by atoms with E-state index < -0.39 is 29.5 Å². The lowest BCUT2D eigenvalue weighted by molar-refractivity contribution is -0.137. The van der Waals surface area contributed by atoms with Crippen molar-refractivity contribution in [3.8, 4) is 0 Å². The summed E-state index contributed by atoms with van der Waals surface area (Å²) in [5, 5.41) is 9.93. The highest BCUT2D eigenvalue weighted by Gasteiger charge is 2.35. The second-order valence-electron chi connectivity index (χ2n) is 6.21. The van der Waals surface area contributed by atoms with Crippen LogP contribution in [-0.4, -0.2) is 23.3 Å². The number of halogens is 3. The molecule has 1 aromatic carbocycles.